The molecular weight excluding hydrogens is 376 g/mol. The van der Waals surface area contributed by atoms with Crippen molar-refractivity contribution in [3.8, 4) is 5.75 Å². The highest BCUT2D eigenvalue weighted by molar-refractivity contribution is 5.96. The van der Waals surface area contributed by atoms with Gasteiger partial charge in [-0.3, -0.25) is 9.59 Å². The number of amides is 2. The van der Waals surface area contributed by atoms with E-state index in [1.54, 1.807) is 7.11 Å². The van der Waals surface area contributed by atoms with Crippen molar-refractivity contribution in [1.29, 1.82) is 0 Å². The van der Waals surface area contributed by atoms with Crippen LogP contribution in [0.25, 0.3) is 0 Å². The van der Waals surface area contributed by atoms with Crippen LogP contribution >= 0.6 is 0 Å². The minimum atomic E-state index is -0.109. The summed E-state index contributed by atoms with van der Waals surface area (Å²) in [5.74, 6) is 0.568. The van der Waals surface area contributed by atoms with E-state index < -0.39 is 0 Å². The highest BCUT2D eigenvalue weighted by Gasteiger charge is 2.28. The van der Waals surface area contributed by atoms with Crippen LogP contribution in [0.1, 0.15) is 55.1 Å². The molecule has 0 atom stereocenters. The first kappa shape index (κ1) is 21.9. The largest absolute Gasteiger partial charge is 0.495 e. The molecule has 0 aliphatic carbocycles. The van der Waals surface area contributed by atoms with Crippen molar-refractivity contribution in [2.45, 2.75) is 46.0 Å². The molecule has 1 saturated heterocycles. The molecule has 0 saturated carbocycles. The number of nitrogens with zero attached hydrogens (tertiary/aromatic N) is 1. The summed E-state index contributed by atoms with van der Waals surface area (Å²) in [6, 6.07) is 13.6. The van der Waals surface area contributed by atoms with Crippen LogP contribution in [0.15, 0.2) is 42.5 Å². The standard InChI is InChI=1S/C25H32N2O3/c1-17-6-11-22(30-5)21(16-17)26-23(28)18-12-14-27(15-13-18)24(29)19-7-9-20(10-8-19)25(2,3)4/h6-11,16,18H,12-15H2,1-5H3,(H,26,28). The molecular formula is C25H32N2O3. The van der Waals surface area contributed by atoms with Crippen molar-refractivity contribution >= 4 is 17.5 Å². The van der Waals surface area contributed by atoms with Crippen molar-refractivity contribution < 1.29 is 14.3 Å². The summed E-state index contributed by atoms with van der Waals surface area (Å²) < 4.78 is 5.35. The van der Waals surface area contributed by atoms with Gasteiger partial charge < -0.3 is 15.0 Å². The Bertz CT molecular complexity index is 905. The van der Waals surface area contributed by atoms with Crippen molar-refractivity contribution in [1.82, 2.24) is 4.90 Å². The monoisotopic (exact) mass is 408 g/mol. The summed E-state index contributed by atoms with van der Waals surface area (Å²) in [7, 11) is 1.60. The van der Waals surface area contributed by atoms with Gasteiger partial charge in [-0.2, -0.15) is 0 Å². The number of piperidine rings is 1. The molecule has 30 heavy (non-hydrogen) atoms. The number of carbonyl (C=O) groups is 2. The Morgan fingerprint density at radius 3 is 2.23 bits per heavy atom. The van der Waals surface area contributed by atoms with E-state index >= 15 is 0 Å². The van der Waals surface area contributed by atoms with Gasteiger partial charge in [-0.05, 0) is 60.6 Å². The van der Waals surface area contributed by atoms with E-state index in [1.165, 1.54) is 5.56 Å². The normalized spacial score (nSPS) is 15.0. The van der Waals surface area contributed by atoms with E-state index in [0.29, 0.717) is 42.9 Å². The summed E-state index contributed by atoms with van der Waals surface area (Å²) in [4.78, 5) is 27.5. The number of aryl methyl sites for hydroxylation is 1. The molecule has 160 valence electrons. The number of ether oxygens (including phenoxy) is 1. The van der Waals surface area contributed by atoms with Crippen LogP contribution in [-0.2, 0) is 10.2 Å². The topological polar surface area (TPSA) is 58.6 Å². The molecule has 5 nitrogen and oxygen atoms in total. The summed E-state index contributed by atoms with van der Waals surface area (Å²) in [5.41, 5.74) is 3.73. The summed E-state index contributed by atoms with van der Waals surface area (Å²) >= 11 is 0. The number of nitrogens with one attached hydrogen (secondary N) is 1. The Morgan fingerprint density at radius 1 is 1.03 bits per heavy atom. The molecule has 5 heteroatoms. The van der Waals surface area contributed by atoms with Gasteiger partial charge in [-0.15, -0.1) is 0 Å². The van der Waals surface area contributed by atoms with Gasteiger partial charge >= 0.3 is 0 Å². The predicted octanol–water partition coefficient (Wildman–Crippen LogP) is 4.79. The molecule has 2 aromatic rings. The second-order valence-corrected chi connectivity index (χ2v) is 9.09. The van der Waals surface area contributed by atoms with Gasteiger partial charge in [0.1, 0.15) is 5.75 Å². The fourth-order valence-corrected chi connectivity index (χ4v) is 3.79. The van der Waals surface area contributed by atoms with Crippen LogP contribution in [0.2, 0.25) is 0 Å². The van der Waals surface area contributed by atoms with Crippen molar-refractivity contribution in [2.24, 2.45) is 5.92 Å². The maximum absolute atomic E-state index is 12.9. The van der Waals surface area contributed by atoms with Gasteiger partial charge in [-0.1, -0.05) is 39.0 Å². The summed E-state index contributed by atoms with van der Waals surface area (Å²) in [5, 5.41) is 3.00. The SMILES string of the molecule is COc1ccc(C)cc1NC(=O)C1CCN(C(=O)c2ccc(C(C)(C)C)cc2)CC1. The van der Waals surface area contributed by atoms with Crippen molar-refractivity contribution in [3.63, 3.8) is 0 Å². The maximum Gasteiger partial charge on any atom is 0.253 e. The van der Waals surface area contributed by atoms with Crippen LogP contribution in [-0.4, -0.2) is 36.9 Å². The molecule has 2 aromatic carbocycles. The molecule has 0 unspecified atom stereocenters. The molecule has 0 aromatic heterocycles. The molecule has 3 rings (SSSR count). The lowest BCUT2D eigenvalue weighted by Gasteiger charge is -2.31. The smallest absolute Gasteiger partial charge is 0.253 e. The third-order valence-electron chi connectivity index (χ3n) is 5.76. The number of likely N-dealkylation sites (tertiary alicyclic amines) is 1. The van der Waals surface area contributed by atoms with Gasteiger partial charge in [0.05, 0.1) is 12.8 Å². The van der Waals surface area contributed by atoms with Crippen LogP contribution < -0.4 is 10.1 Å². The van der Waals surface area contributed by atoms with Crippen LogP contribution in [0.5, 0.6) is 5.75 Å². The molecule has 0 bridgehead atoms. The van der Waals surface area contributed by atoms with E-state index in [2.05, 4.69) is 26.1 Å². The Hall–Kier alpha value is -2.82. The zero-order valence-corrected chi connectivity index (χ0v) is 18.6. The van der Waals surface area contributed by atoms with E-state index in [0.717, 1.165) is 5.56 Å². The van der Waals surface area contributed by atoms with E-state index in [-0.39, 0.29) is 23.1 Å². The van der Waals surface area contributed by atoms with Crippen LogP contribution in [0.4, 0.5) is 5.69 Å². The van der Waals surface area contributed by atoms with Gasteiger partial charge in [0.2, 0.25) is 5.91 Å². The highest BCUT2D eigenvalue weighted by Crippen LogP contribution is 2.28. The first-order valence-electron chi connectivity index (χ1n) is 10.5. The predicted molar refractivity (Wildman–Crippen MR) is 120 cm³/mol. The van der Waals surface area contributed by atoms with Crippen LogP contribution in [0.3, 0.4) is 0 Å². The number of anilines is 1. The lowest BCUT2D eigenvalue weighted by Crippen LogP contribution is -2.41. The highest BCUT2D eigenvalue weighted by atomic mass is 16.5. The molecule has 2 amide bonds. The quantitative estimate of drug-likeness (QED) is 0.791. The lowest BCUT2D eigenvalue weighted by atomic mass is 9.86. The molecule has 0 radical (unpaired) electrons. The number of methoxy groups -OCH3 is 1. The van der Waals surface area contributed by atoms with Gasteiger partial charge in [0, 0.05) is 24.6 Å². The van der Waals surface area contributed by atoms with Crippen LogP contribution in [0, 0.1) is 12.8 Å². The molecule has 1 N–H and O–H groups in total. The number of hydrogen-bond donors (Lipinski definition) is 1. The summed E-state index contributed by atoms with van der Waals surface area (Å²) in [6.45, 7) is 9.63. The molecule has 1 aliphatic heterocycles. The second-order valence-electron chi connectivity index (χ2n) is 9.09. The van der Waals surface area contributed by atoms with E-state index in [1.807, 2.05) is 54.3 Å². The van der Waals surface area contributed by atoms with Gasteiger partial charge in [0.15, 0.2) is 0 Å². The number of hydrogen-bond acceptors (Lipinski definition) is 3. The Kier molecular flexibility index (Phi) is 6.49. The third-order valence-corrected chi connectivity index (χ3v) is 5.76. The maximum atomic E-state index is 12.9. The van der Waals surface area contributed by atoms with E-state index in [4.69, 9.17) is 4.74 Å². The number of benzene rings is 2. The molecule has 1 aliphatic rings. The van der Waals surface area contributed by atoms with E-state index in [9.17, 15) is 9.59 Å². The lowest BCUT2D eigenvalue weighted by molar-refractivity contribution is -0.121. The molecule has 1 heterocycles. The van der Waals surface area contributed by atoms with Gasteiger partial charge in [-0.25, -0.2) is 0 Å². The summed E-state index contributed by atoms with van der Waals surface area (Å²) in [6.07, 6.45) is 1.32. The first-order valence-corrected chi connectivity index (χ1v) is 10.5. The average Bonchev–Trinajstić information content (AvgIpc) is 2.73. The third kappa shape index (κ3) is 5.02. The average molecular weight is 409 g/mol. The second kappa shape index (κ2) is 8.90. The number of carbonyl (C=O) groups excluding carboxylic acids is 2. The first-order chi connectivity index (χ1) is 14.2. The van der Waals surface area contributed by atoms with Crippen molar-refractivity contribution in [3.05, 3.63) is 59.2 Å². The molecule has 1 fully saturated rings. The number of rotatable bonds is 4. The van der Waals surface area contributed by atoms with Gasteiger partial charge in [0.25, 0.3) is 5.91 Å². The zero-order chi connectivity index (χ0) is 21.9. The zero-order valence-electron chi connectivity index (χ0n) is 18.6. The van der Waals surface area contributed by atoms with Crippen molar-refractivity contribution in [2.75, 3.05) is 25.5 Å². The Morgan fingerprint density at radius 2 is 1.67 bits per heavy atom. The fourth-order valence-electron chi connectivity index (χ4n) is 3.79. The minimum Gasteiger partial charge on any atom is -0.495 e. The fraction of sp³-hybridized carbons (Fsp3) is 0.440. The Labute approximate surface area is 179 Å². The molecule has 0 spiro atoms. The minimum absolute atomic E-state index is 0.0134. The Balaban J connectivity index is 1.58.